The molecule has 6 rings (SSSR count). The van der Waals surface area contributed by atoms with E-state index in [0.29, 0.717) is 0 Å². The van der Waals surface area contributed by atoms with Crippen molar-refractivity contribution in [2.75, 3.05) is 0 Å². The van der Waals surface area contributed by atoms with Crippen LogP contribution in [0.5, 0.6) is 0 Å². The molecule has 3 nitrogen and oxygen atoms in total. The summed E-state index contributed by atoms with van der Waals surface area (Å²) in [4.78, 5) is 13.0. The molecule has 0 atom stereocenters. The molecule has 3 heterocycles. The summed E-state index contributed by atoms with van der Waals surface area (Å²) < 4.78 is 0. The van der Waals surface area contributed by atoms with E-state index in [0.717, 1.165) is 44.9 Å². The van der Waals surface area contributed by atoms with Crippen LogP contribution in [0.2, 0.25) is 0 Å². The van der Waals surface area contributed by atoms with Crippen LogP contribution in [0.25, 0.3) is 44.9 Å². The fraction of sp³-hybridized carbons (Fsp3) is 0. The van der Waals surface area contributed by atoms with Crippen molar-refractivity contribution in [2.45, 2.75) is 0 Å². The number of pyridine rings is 3. The molecule has 3 aromatic heterocycles. The van der Waals surface area contributed by atoms with E-state index in [9.17, 15) is 0 Å². The van der Waals surface area contributed by atoms with E-state index in [4.69, 9.17) is 0 Å². The molecule has 0 spiro atoms. The first-order valence-electron chi connectivity index (χ1n) is 11.6. The summed E-state index contributed by atoms with van der Waals surface area (Å²) in [7, 11) is 0. The minimum absolute atomic E-state index is 0. The van der Waals surface area contributed by atoms with Crippen LogP contribution in [0.3, 0.4) is 0 Å². The molecule has 0 unspecified atom stereocenters. The largest absolute Gasteiger partial charge is 3.00 e. The molecular weight excluding hydrogens is 631 g/mol. The van der Waals surface area contributed by atoms with Crippen molar-refractivity contribution in [1.29, 1.82) is 0 Å². The minimum atomic E-state index is 0. The quantitative estimate of drug-likeness (QED) is 0.184. The average molecular weight is 653 g/mol. The Morgan fingerprint density at radius 3 is 1.19 bits per heavy atom. The molecule has 0 fully saturated rings. The fourth-order valence-corrected chi connectivity index (χ4v) is 3.67. The molecule has 178 valence electrons. The monoisotopic (exact) mass is 653 g/mol. The van der Waals surface area contributed by atoms with Gasteiger partial charge in [0, 0.05) is 35.7 Å². The molecule has 37 heavy (non-hydrogen) atoms. The summed E-state index contributed by atoms with van der Waals surface area (Å²) in [6, 6.07) is 47.6. The normalized spacial score (nSPS) is 9.95. The molecule has 0 bridgehead atoms. The van der Waals surface area contributed by atoms with E-state index in [2.05, 4.69) is 33.2 Å². The van der Waals surface area contributed by atoms with Gasteiger partial charge >= 0.3 is 20.1 Å². The molecule has 3 aromatic carbocycles. The first-order chi connectivity index (χ1) is 17.9. The van der Waals surface area contributed by atoms with Gasteiger partial charge in [-0.3, -0.25) is 15.0 Å². The Kier molecular flexibility index (Phi) is 9.20. The standard InChI is InChI=1S/C17H11N.C16H11N2.Ir/c1-2-7-14(8-3-1)15-9-6-10-16(13-15)17-11-4-5-12-18-17;1-3-10-17-15(8-1)13-6-5-7-14(12-13)16-9-2-4-11-18-16;/h1-7,9-12H;1-11H;/q-2;-1;+3. The SMILES string of the molecule is [Ir+3].[c-]1c(-c2ccccn2)cccc1-c1ccccn1.[c-]1ccccc1-c1[c-]c(-c2ccccn2)ccc1. The zero-order valence-corrected chi connectivity index (χ0v) is 22.3. The van der Waals surface area contributed by atoms with Crippen LogP contribution in [0.1, 0.15) is 0 Å². The van der Waals surface area contributed by atoms with E-state index in [1.165, 1.54) is 0 Å². The molecule has 0 saturated heterocycles. The molecule has 0 aliphatic carbocycles. The van der Waals surface area contributed by atoms with Crippen molar-refractivity contribution in [3.05, 3.63) is 152 Å². The Hall–Kier alpha value is -4.24. The Bertz CT molecular complexity index is 1280. The minimum Gasteiger partial charge on any atom is -0.295 e. The zero-order chi connectivity index (χ0) is 24.4. The van der Waals surface area contributed by atoms with Crippen LogP contribution in [0.15, 0.2) is 134 Å². The third-order valence-electron chi connectivity index (χ3n) is 5.41. The van der Waals surface area contributed by atoms with Gasteiger partial charge in [-0.15, -0.1) is 48.0 Å². The maximum absolute atomic E-state index is 4.34. The van der Waals surface area contributed by atoms with Gasteiger partial charge < -0.3 is 0 Å². The Morgan fingerprint density at radius 1 is 0.378 bits per heavy atom. The number of aromatic nitrogens is 3. The van der Waals surface area contributed by atoms with Crippen LogP contribution < -0.4 is 0 Å². The molecule has 4 heteroatoms. The van der Waals surface area contributed by atoms with Crippen LogP contribution in [-0.2, 0) is 20.1 Å². The van der Waals surface area contributed by atoms with Gasteiger partial charge in [0.1, 0.15) is 0 Å². The van der Waals surface area contributed by atoms with Gasteiger partial charge in [0.05, 0.1) is 0 Å². The summed E-state index contributed by atoms with van der Waals surface area (Å²) in [6.07, 6.45) is 5.37. The smallest absolute Gasteiger partial charge is 0.295 e. The Labute approximate surface area is 231 Å². The first-order valence-corrected chi connectivity index (χ1v) is 11.6. The van der Waals surface area contributed by atoms with Crippen LogP contribution in [0, 0.1) is 18.2 Å². The summed E-state index contributed by atoms with van der Waals surface area (Å²) in [6.45, 7) is 0. The van der Waals surface area contributed by atoms with E-state index in [-0.39, 0.29) is 20.1 Å². The second-order valence-electron chi connectivity index (χ2n) is 7.88. The predicted molar refractivity (Wildman–Crippen MR) is 145 cm³/mol. The van der Waals surface area contributed by atoms with E-state index < -0.39 is 0 Å². The Morgan fingerprint density at radius 2 is 0.784 bits per heavy atom. The van der Waals surface area contributed by atoms with Crippen molar-refractivity contribution in [2.24, 2.45) is 0 Å². The van der Waals surface area contributed by atoms with E-state index in [1.807, 2.05) is 115 Å². The molecule has 0 N–H and O–H groups in total. The van der Waals surface area contributed by atoms with Gasteiger partial charge in [-0.2, -0.15) is 42.0 Å². The van der Waals surface area contributed by atoms with Crippen LogP contribution in [0.4, 0.5) is 0 Å². The van der Waals surface area contributed by atoms with Gasteiger partial charge in [0.15, 0.2) is 0 Å². The van der Waals surface area contributed by atoms with Gasteiger partial charge in [0.2, 0.25) is 0 Å². The molecule has 0 aliphatic heterocycles. The molecule has 0 aliphatic rings. The molecular formula is C33H22IrN3. The number of hydrogen-bond acceptors (Lipinski definition) is 3. The van der Waals surface area contributed by atoms with Crippen molar-refractivity contribution in [3.8, 4) is 44.9 Å². The second-order valence-corrected chi connectivity index (χ2v) is 7.88. The molecule has 6 aromatic rings. The number of hydrogen-bond donors (Lipinski definition) is 0. The predicted octanol–water partition coefficient (Wildman–Crippen LogP) is 7.62. The second kappa shape index (κ2) is 13.2. The zero-order valence-electron chi connectivity index (χ0n) is 19.9. The van der Waals surface area contributed by atoms with E-state index >= 15 is 0 Å². The van der Waals surface area contributed by atoms with Crippen molar-refractivity contribution in [1.82, 2.24) is 15.0 Å². The van der Waals surface area contributed by atoms with Gasteiger partial charge in [-0.1, -0.05) is 47.5 Å². The summed E-state index contributed by atoms with van der Waals surface area (Å²) in [5.74, 6) is 0. The molecule has 0 amide bonds. The number of rotatable bonds is 4. The topological polar surface area (TPSA) is 38.7 Å². The average Bonchev–Trinajstić information content (AvgIpc) is 2.99. The van der Waals surface area contributed by atoms with E-state index in [1.54, 1.807) is 18.6 Å². The maximum Gasteiger partial charge on any atom is 3.00 e. The fourth-order valence-electron chi connectivity index (χ4n) is 3.67. The van der Waals surface area contributed by atoms with Gasteiger partial charge in [-0.25, -0.2) is 5.56 Å². The van der Waals surface area contributed by atoms with Gasteiger partial charge in [0.25, 0.3) is 0 Å². The third-order valence-corrected chi connectivity index (χ3v) is 5.41. The Balaban J connectivity index is 0.000000168. The van der Waals surface area contributed by atoms with Crippen LogP contribution in [-0.4, -0.2) is 15.0 Å². The third kappa shape index (κ3) is 6.92. The number of benzene rings is 3. The van der Waals surface area contributed by atoms with Gasteiger partial charge in [-0.05, 0) is 18.2 Å². The molecule has 0 saturated carbocycles. The number of nitrogens with zero attached hydrogens (tertiary/aromatic N) is 3. The first kappa shape index (κ1) is 25.8. The summed E-state index contributed by atoms with van der Waals surface area (Å²) >= 11 is 0. The van der Waals surface area contributed by atoms with Crippen LogP contribution >= 0.6 is 0 Å². The van der Waals surface area contributed by atoms with Crippen molar-refractivity contribution >= 4 is 0 Å². The van der Waals surface area contributed by atoms with Crippen molar-refractivity contribution in [3.63, 3.8) is 0 Å². The summed E-state index contributed by atoms with van der Waals surface area (Å²) in [5.41, 5.74) is 7.86. The summed E-state index contributed by atoms with van der Waals surface area (Å²) in [5, 5.41) is 0. The van der Waals surface area contributed by atoms with Crippen molar-refractivity contribution < 1.29 is 20.1 Å². The maximum atomic E-state index is 4.34. The molecule has 0 radical (unpaired) electrons.